The number of hydrogen-bond acceptors (Lipinski definition) is 7. The van der Waals surface area contributed by atoms with Gasteiger partial charge in [0.15, 0.2) is 5.82 Å². The maximum absolute atomic E-state index is 14.0. The summed E-state index contributed by atoms with van der Waals surface area (Å²) >= 11 is 2.78. The highest BCUT2D eigenvalue weighted by Crippen LogP contribution is 2.34. The number of nitrogen functional groups attached to an aromatic ring is 1. The van der Waals surface area contributed by atoms with E-state index in [0.29, 0.717) is 21.2 Å². The minimum atomic E-state index is -0.425. The van der Waals surface area contributed by atoms with Crippen LogP contribution in [-0.2, 0) is 0 Å². The van der Waals surface area contributed by atoms with Crippen molar-refractivity contribution in [3.05, 3.63) is 56.7 Å². The van der Waals surface area contributed by atoms with Gasteiger partial charge in [-0.3, -0.25) is 4.79 Å². The highest BCUT2D eigenvalue weighted by molar-refractivity contribution is 7.99. The molecular formula is C18H17FN6OS2. The molecule has 7 nitrogen and oxygen atoms in total. The van der Waals surface area contributed by atoms with Crippen molar-refractivity contribution in [2.24, 2.45) is 0 Å². The van der Waals surface area contributed by atoms with E-state index in [0.717, 1.165) is 10.4 Å². The molecule has 10 heteroatoms. The Morgan fingerprint density at radius 3 is 2.79 bits per heavy atom. The molecule has 4 aromatic rings. The zero-order chi connectivity index (χ0) is 20.0. The average molecular weight is 417 g/mol. The molecule has 0 fully saturated rings. The fourth-order valence-electron chi connectivity index (χ4n) is 2.86. The van der Waals surface area contributed by atoms with Gasteiger partial charge >= 0.3 is 0 Å². The molecule has 0 spiro atoms. The number of benzene rings is 1. The predicted octanol–water partition coefficient (Wildman–Crippen LogP) is 3.57. The van der Waals surface area contributed by atoms with E-state index in [4.69, 9.17) is 5.84 Å². The molecule has 0 aliphatic carbocycles. The number of aromatic amines is 1. The summed E-state index contributed by atoms with van der Waals surface area (Å²) in [4.78, 5) is 21.7. The van der Waals surface area contributed by atoms with Gasteiger partial charge in [0.2, 0.25) is 5.16 Å². The van der Waals surface area contributed by atoms with Crippen molar-refractivity contribution in [1.29, 1.82) is 0 Å². The van der Waals surface area contributed by atoms with E-state index in [2.05, 4.69) is 20.2 Å². The second-order valence-corrected chi connectivity index (χ2v) is 8.84. The molecule has 0 saturated carbocycles. The number of hydrogen-bond donors (Lipinski definition) is 2. The lowest BCUT2D eigenvalue weighted by Gasteiger charge is -2.10. The second-order valence-electron chi connectivity index (χ2n) is 6.33. The van der Waals surface area contributed by atoms with Gasteiger partial charge in [0.1, 0.15) is 16.5 Å². The van der Waals surface area contributed by atoms with Gasteiger partial charge in [-0.1, -0.05) is 23.9 Å². The lowest BCUT2D eigenvalue weighted by molar-refractivity contribution is 0.629. The monoisotopic (exact) mass is 416 g/mol. The van der Waals surface area contributed by atoms with Crippen LogP contribution in [0, 0.1) is 19.7 Å². The van der Waals surface area contributed by atoms with Crippen LogP contribution in [0.1, 0.15) is 28.4 Å². The number of thioether (sulfide) groups is 1. The maximum atomic E-state index is 14.0. The number of fused-ring (bicyclic) bond motifs is 1. The smallest absolute Gasteiger partial charge is 0.259 e. The van der Waals surface area contributed by atoms with E-state index in [1.165, 1.54) is 33.8 Å². The summed E-state index contributed by atoms with van der Waals surface area (Å²) in [5.41, 5.74) is 1.07. The molecule has 144 valence electrons. The minimum Gasteiger partial charge on any atom is -0.335 e. The highest BCUT2D eigenvalue weighted by Gasteiger charge is 2.20. The first kappa shape index (κ1) is 18.6. The zero-order valence-electron chi connectivity index (χ0n) is 15.4. The average Bonchev–Trinajstić information content (AvgIpc) is 3.15. The summed E-state index contributed by atoms with van der Waals surface area (Å²) in [6, 6.07) is 6.24. The van der Waals surface area contributed by atoms with Crippen LogP contribution < -0.4 is 11.4 Å². The molecule has 4 rings (SSSR count). The molecule has 0 aliphatic heterocycles. The third-order valence-corrected chi connectivity index (χ3v) is 6.67. The van der Waals surface area contributed by atoms with Gasteiger partial charge in [-0.15, -0.1) is 21.5 Å². The fraction of sp³-hybridized carbons (Fsp3) is 0.222. The van der Waals surface area contributed by atoms with Crippen molar-refractivity contribution < 1.29 is 4.39 Å². The van der Waals surface area contributed by atoms with E-state index >= 15 is 0 Å². The van der Waals surface area contributed by atoms with Crippen molar-refractivity contribution in [3.8, 4) is 11.4 Å². The molecule has 0 saturated heterocycles. The fourth-order valence-corrected chi connectivity index (χ4v) is 4.73. The van der Waals surface area contributed by atoms with Crippen molar-refractivity contribution >= 4 is 33.3 Å². The van der Waals surface area contributed by atoms with Crippen LogP contribution in [0.3, 0.4) is 0 Å². The lowest BCUT2D eigenvalue weighted by Crippen LogP contribution is -2.14. The van der Waals surface area contributed by atoms with Crippen molar-refractivity contribution in [2.75, 3.05) is 5.84 Å². The normalized spacial score (nSPS) is 12.6. The second kappa shape index (κ2) is 7.02. The largest absolute Gasteiger partial charge is 0.335 e. The Hall–Kier alpha value is -2.72. The van der Waals surface area contributed by atoms with E-state index in [-0.39, 0.29) is 22.2 Å². The topological polar surface area (TPSA) is 102 Å². The van der Waals surface area contributed by atoms with Crippen LogP contribution in [0.2, 0.25) is 0 Å². The summed E-state index contributed by atoms with van der Waals surface area (Å²) in [5, 5.41) is 8.87. The highest BCUT2D eigenvalue weighted by atomic mass is 32.2. The molecule has 28 heavy (non-hydrogen) atoms. The van der Waals surface area contributed by atoms with Crippen LogP contribution in [0.25, 0.3) is 21.6 Å². The van der Waals surface area contributed by atoms with Gasteiger partial charge in [-0.25, -0.2) is 14.1 Å². The van der Waals surface area contributed by atoms with Crippen LogP contribution in [0.5, 0.6) is 0 Å². The number of thiophene rings is 1. The number of H-pyrrole nitrogens is 1. The molecule has 3 heterocycles. The van der Waals surface area contributed by atoms with Gasteiger partial charge in [0.05, 0.1) is 16.2 Å². The van der Waals surface area contributed by atoms with Crippen LogP contribution in [-0.4, -0.2) is 24.8 Å². The minimum absolute atomic E-state index is 0.157. The molecule has 0 radical (unpaired) electrons. The summed E-state index contributed by atoms with van der Waals surface area (Å²) in [7, 11) is 0. The van der Waals surface area contributed by atoms with E-state index in [1.54, 1.807) is 18.2 Å². The van der Waals surface area contributed by atoms with Crippen LogP contribution in [0.15, 0.2) is 34.2 Å². The Bertz CT molecular complexity index is 1240. The van der Waals surface area contributed by atoms with Crippen LogP contribution in [0.4, 0.5) is 4.39 Å². The van der Waals surface area contributed by atoms with E-state index < -0.39 is 5.82 Å². The van der Waals surface area contributed by atoms with Gasteiger partial charge in [-0.2, -0.15) is 0 Å². The quantitative estimate of drug-likeness (QED) is 0.389. The summed E-state index contributed by atoms with van der Waals surface area (Å²) in [6.07, 6.45) is 0. The third-order valence-electron chi connectivity index (χ3n) is 4.50. The number of nitrogens with zero attached hydrogens (tertiary/aromatic N) is 4. The van der Waals surface area contributed by atoms with Crippen molar-refractivity contribution in [1.82, 2.24) is 24.8 Å². The number of nitrogens with one attached hydrogen (secondary N) is 1. The van der Waals surface area contributed by atoms with Gasteiger partial charge in [-0.05, 0) is 38.5 Å². The Labute approximate surface area is 167 Å². The first-order chi connectivity index (χ1) is 13.4. The first-order valence-electron chi connectivity index (χ1n) is 8.48. The first-order valence-corrected chi connectivity index (χ1v) is 10.2. The van der Waals surface area contributed by atoms with E-state index in [1.807, 2.05) is 20.8 Å². The molecule has 0 amide bonds. The lowest BCUT2D eigenvalue weighted by atomic mass is 10.2. The molecule has 0 aliphatic rings. The summed E-state index contributed by atoms with van der Waals surface area (Å²) < 4.78 is 15.3. The molecule has 1 atom stereocenters. The number of halogens is 1. The number of aromatic nitrogens is 5. The molecule has 3 aromatic heterocycles. The molecule has 0 unspecified atom stereocenters. The van der Waals surface area contributed by atoms with Crippen molar-refractivity contribution in [2.45, 2.75) is 31.2 Å². The number of rotatable bonds is 4. The molecule has 0 bridgehead atoms. The third kappa shape index (κ3) is 3.08. The maximum Gasteiger partial charge on any atom is 0.259 e. The Morgan fingerprint density at radius 2 is 2.04 bits per heavy atom. The molecule has 3 N–H and O–H groups in total. The standard InChI is InChI=1S/C18H17FN6OS2/c1-8-9(2)27-17-13(8)16(26)21-14(22-17)10(3)28-18-24-23-15(25(18)20)11-6-4-5-7-12(11)19/h4-7,10H,20H2,1-3H3,(H,21,22,26)/t10-/m1/s1. The summed E-state index contributed by atoms with van der Waals surface area (Å²) in [6.45, 7) is 5.78. The molecule has 1 aromatic carbocycles. The predicted molar refractivity (Wildman–Crippen MR) is 110 cm³/mol. The van der Waals surface area contributed by atoms with Crippen LogP contribution >= 0.6 is 23.1 Å². The zero-order valence-corrected chi connectivity index (χ0v) is 17.0. The van der Waals surface area contributed by atoms with Gasteiger partial charge in [0.25, 0.3) is 5.56 Å². The van der Waals surface area contributed by atoms with Gasteiger partial charge in [0, 0.05) is 4.88 Å². The Balaban J connectivity index is 1.66. The molecular weight excluding hydrogens is 399 g/mol. The van der Waals surface area contributed by atoms with Crippen molar-refractivity contribution in [3.63, 3.8) is 0 Å². The Kier molecular flexibility index (Phi) is 4.68. The number of nitrogens with two attached hydrogens (primary N) is 1. The number of aryl methyl sites for hydroxylation is 2. The van der Waals surface area contributed by atoms with Gasteiger partial charge < -0.3 is 10.8 Å². The SMILES string of the molecule is Cc1sc2nc([C@@H](C)Sc3nnc(-c4ccccc4F)n3N)[nH]c(=O)c2c1C. The van der Waals surface area contributed by atoms with E-state index in [9.17, 15) is 9.18 Å². The summed E-state index contributed by atoms with van der Waals surface area (Å²) in [5.74, 6) is 6.42. The Morgan fingerprint density at radius 1 is 1.29 bits per heavy atom.